The van der Waals surface area contributed by atoms with Crippen LogP contribution >= 0.6 is 0 Å². The molecule has 0 aromatic heterocycles. The lowest BCUT2D eigenvalue weighted by Crippen LogP contribution is -2.25. The van der Waals surface area contributed by atoms with E-state index < -0.39 is 5.97 Å². The topological polar surface area (TPSA) is 40.5 Å². The molecular weight excluding hydrogens is 202 g/mol. The van der Waals surface area contributed by atoms with Crippen LogP contribution in [-0.4, -0.2) is 24.2 Å². The number of carboxylic acid groups (broad SMARTS) is 1. The number of hydrogen-bond donors (Lipinski definition) is 1. The Bertz CT molecular complexity index is 412. The Morgan fingerprint density at radius 1 is 1.50 bits per heavy atom. The Hall–Kier alpha value is -1.51. The van der Waals surface area contributed by atoms with E-state index in [9.17, 15) is 4.79 Å². The van der Waals surface area contributed by atoms with Gasteiger partial charge in [-0.2, -0.15) is 0 Å². The molecule has 0 bridgehead atoms. The van der Waals surface area contributed by atoms with Crippen molar-refractivity contribution in [2.45, 2.75) is 20.3 Å². The minimum Gasteiger partial charge on any atom is -0.478 e. The predicted molar refractivity (Wildman–Crippen MR) is 64.2 cm³/mol. The van der Waals surface area contributed by atoms with Gasteiger partial charge in [0.2, 0.25) is 0 Å². The zero-order valence-corrected chi connectivity index (χ0v) is 9.73. The molecule has 0 unspecified atom stereocenters. The van der Waals surface area contributed by atoms with E-state index in [-0.39, 0.29) is 0 Å². The van der Waals surface area contributed by atoms with Crippen LogP contribution in [0.2, 0.25) is 0 Å². The Labute approximate surface area is 95.7 Å². The first-order valence-electron chi connectivity index (χ1n) is 5.69. The van der Waals surface area contributed by atoms with Crippen LogP contribution in [0.25, 0.3) is 0 Å². The van der Waals surface area contributed by atoms with Crippen LogP contribution < -0.4 is 4.90 Å². The third kappa shape index (κ3) is 2.03. The molecule has 3 heteroatoms. The first-order valence-corrected chi connectivity index (χ1v) is 5.69. The highest BCUT2D eigenvalue weighted by atomic mass is 16.4. The van der Waals surface area contributed by atoms with Gasteiger partial charge in [-0.1, -0.05) is 19.9 Å². The molecule has 1 heterocycles. The van der Waals surface area contributed by atoms with E-state index in [0.717, 1.165) is 25.2 Å². The second kappa shape index (κ2) is 4.16. The van der Waals surface area contributed by atoms with Crippen molar-refractivity contribution in [3.8, 4) is 0 Å². The van der Waals surface area contributed by atoms with Crippen molar-refractivity contribution < 1.29 is 9.90 Å². The highest BCUT2D eigenvalue weighted by Crippen LogP contribution is 2.29. The molecule has 0 amide bonds. The molecule has 1 aromatic carbocycles. The molecule has 1 aliphatic heterocycles. The summed E-state index contributed by atoms with van der Waals surface area (Å²) in [5.41, 5.74) is 2.76. The largest absolute Gasteiger partial charge is 0.478 e. The SMILES string of the molecule is CC(C)CN1CCc2ccc(C(=O)O)cc21. The molecule has 1 aromatic rings. The van der Waals surface area contributed by atoms with Gasteiger partial charge in [-0.25, -0.2) is 4.79 Å². The van der Waals surface area contributed by atoms with Crippen molar-refractivity contribution in [3.05, 3.63) is 29.3 Å². The summed E-state index contributed by atoms with van der Waals surface area (Å²) in [6, 6.07) is 5.44. The summed E-state index contributed by atoms with van der Waals surface area (Å²) >= 11 is 0. The van der Waals surface area contributed by atoms with Gasteiger partial charge in [-0.3, -0.25) is 0 Å². The lowest BCUT2D eigenvalue weighted by atomic mass is 10.1. The summed E-state index contributed by atoms with van der Waals surface area (Å²) in [7, 11) is 0. The molecule has 0 saturated heterocycles. The number of benzene rings is 1. The molecular formula is C13H17NO2. The van der Waals surface area contributed by atoms with E-state index >= 15 is 0 Å². The summed E-state index contributed by atoms with van der Waals surface area (Å²) in [5, 5.41) is 8.97. The number of aromatic carboxylic acids is 1. The Morgan fingerprint density at radius 2 is 2.25 bits per heavy atom. The second-order valence-corrected chi connectivity index (χ2v) is 4.74. The second-order valence-electron chi connectivity index (χ2n) is 4.74. The zero-order valence-electron chi connectivity index (χ0n) is 9.73. The van der Waals surface area contributed by atoms with Crippen LogP contribution in [0, 0.1) is 5.92 Å². The summed E-state index contributed by atoms with van der Waals surface area (Å²) < 4.78 is 0. The van der Waals surface area contributed by atoms with Gasteiger partial charge in [-0.05, 0) is 30.0 Å². The van der Waals surface area contributed by atoms with E-state index in [1.54, 1.807) is 12.1 Å². The molecule has 3 nitrogen and oxygen atoms in total. The zero-order chi connectivity index (χ0) is 11.7. The van der Waals surface area contributed by atoms with E-state index in [0.29, 0.717) is 11.5 Å². The Kier molecular flexibility index (Phi) is 2.86. The smallest absolute Gasteiger partial charge is 0.335 e. The number of hydrogen-bond acceptors (Lipinski definition) is 2. The number of nitrogens with zero attached hydrogens (tertiary/aromatic N) is 1. The van der Waals surface area contributed by atoms with Gasteiger partial charge in [0, 0.05) is 18.8 Å². The molecule has 0 fully saturated rings. The van der Waals surface area contributed by atoms with Crippen molar-refractivity contribution in [1.29, 1.82) is 0 Å². The highest BCUT2D eigenvalue weighted by Gasteiger charge is 2.20. The normalized spacial score (nSPS) is 14.3. The average Bonchev–Trinajstić information content (AvgIpc) is 2.60. The fraction of sp³-hybridized carbons (Fsp3) is 0.462. The monoisotopic (exact) mass is 219 g/mol. The van der Waals surface area contributed by atoms with E-state index in [1.807, 2.05) is 6.07 Å². The maximum atomic E-state index is 10.9. The molecule has 1 aliphatic rings. The summed E-state index contributed by atoms with van der Waals surface area (Å²) in [6.07, 6.45) is 1.03. The minimum absolute atomic E-state index is 0.384. The van der Waals surface area contributed by atoms with Gasteiger partial charge >= 0.3 is 5.97 Å². The minimum atomic E-state index is -0.848. The molecule has 0 radical (unpaired) electrons. The van der Waals surface area contributed by atoms with Crippen molar-refractivity contribution in [2.24, 2.45) is 5.92 Å². The third-order valence-corrected chi connectivity index (χ3v) is 2.91. The van der Waals surface area contributed by atoms with E-state index in [2.05, 4.69) is 18.7 Å². The van der Waals surface area contributed by atoms with Crippen LogP contribution in [0.5, 0.6) is 0 Å². The molecule has 16 heavy (non-hydrogen) atoms. The van der Waals surface area contributed by atoms with Crippen LogP contribution in [0.4, 0.5) is 5.69 Å². The van der Waals surface area contributed by atoms with Crippen molar-refractivity contribution in [1.82, 2.24) is 0 Å². The fourth-order valence-corrected chi connectivity index (χ4v) is 2.21. The molecule has 2 rings (SSSR count). The summed E-state index contributed by atoms with van der Waals surface area (Å²) in [6.45, 7) is 6.37. The van der Waals surface area contributed by atoms with Crippen LogP contribution in [0.1, 0.15) is 29.8 Å². The first-order chi connectivity index (χ1) is 7.58. The van der Waals surface area contributed by atoms with Gasteiger partial charge in [0.05, 0.1) is 5.56 Å². The summed E-state index contributed by atoms with van der Waals surface area (Å²) in [4.78, 5) is 13.2. The lowest BCUT2D eigenvalue weighted by Gasteiger charge is -2.21. The molecule has 0 saturated carbocycles. The van der Waals surface area contributed by atoms with Crippen molar-refractivity contribution >= 4 is 11.7 Å². The number of carbonyl (C=O) groups is 1. The quantitative estimate of drug-likeness (QED) is 0.848. The molecule has 1 N–H and O–H groups in total. The lowest BCUT2D eigenvalue weighted by molar-refractivity contribution is 0.0697. The number of rotatable bonds is 3. The van der Waals surface area contributed by atoms with E-state index in [4.69, 9.17) is 5.11 Å². The maximum Gasteiger partial charge on any atom is 0.335 e. The Balaban J connectivity index is 2.29. The number of carboxylic acids is 1. The fourth-order valence-electron chi connectivity index (χ4n) is 2.21. The van der Waals surface area contributed by atoms with Gasteiger partial charge in [-0.15, -0.1) is 0 Å². The van der Waals surface area contributed by atoms with Crippen molar-refractivity contribution in [3.63, 3.8) is 0 Å². The van der Waals surface area contributed by atoms with Gasteiger partial charge in [0.25, 0.3) is 0 Å². The maximum absolute atomic E-state index is 10.9. The molecule has 86 valence electrons. The van der Waals surface area contributed by atoms with E-state index in [1.165, 1.54) is 5.56 Å². The molecule has 0 atom stereocenters. The standard InChI is InChI=1S/C13H17NO2/c1-9(2)8-14-6-5-10-3-4-11(13(15)16)7-12(10)14/h3-4,7,9H,5-6,8H2,1-2H3,(H,15,16). The Morgan fingerprint density at radius 3 is 2.88 bits per heavy atom. The van der Waals surface area contributed by atoms with Gasteiger partial charge in [0.1, 0.15) is 0 Å². The third-order valence-electron chi connectivity index (χ3n) is 2.91. The first kappa shape index (κ1) is 11.0. The number of fused-ring (bicyclic) bond motifs is 1. The average molecular weight is 219 g/mol. The van der Waals surface area contributed by atoms with Gasteiger partial charge < -0.3 is 10.0 Å². The molecule has 0 spiro atoms. The molecule has 0 aliphatic carbocycles. The van der Waals surface area contributed by atoms with Gasteiger partial charge in [0.15, 0.2) is 0 Å². The van der Waals surface area contributed by atoms with Crippen molar-refractivity contribution in [2.75, 3.05) is 18.0 Å². The highest BCUT2D eigenvalue weighted by molar-refractivity contribution is 5.89. The van der Waals surface area contributed by atoms with Crippen LogP contribution in [-0.2, 0) is 6.42 Å². The predicted octanol–water partition coefficient (Wildman–Crippen LogP) is 2.40. The summed E-state index contributed by atoms with van der Waals surface area (Å²) in [5.74, 6) is -0.251. The van der Waals surface area contributed by atoms with Crippen LogP contribution in [0.3, 0.4) is 0 Å². The van der Waals surface area contributed by atoms with Crippen LogP contribution in [0.15, 0.2) is 18.2 Å². The number of anilines is 1.